The molecule has 1 aromatic heterocycles. The molecule has 2 atom stereocenters. The number of benzene rings is 1. The lowest BCUT2D eigenvalue weighted by molar-refractivity contribution is -0.189. The predicted octanol–water partition coefficient (Wildman–Crippen LogP) is 3.65. The molecule has 0 aliphatic carbocycles. The molecule has 0 spiro atoms. The zero-order valence-electron chi connectivity index (χ0n) is 16.5. The maximum absolute atomic E-state index is 7.84. The van der Waals surface area contributed by atoms with Crippen LogP contribution in [0.25, 0.3) is 0 Å². The average molecular weight is 347 g/mol. The molecule has 22 heavy (non-hydrogen) atoms. The first-order valence-electron chi connectivity index (χ1n) is 9.12. The van der Waals surface area contributed by atoms with Gasteiger partial charge in [-0.2, -0.15) is 5.10 Å². The number of nitrogens with zero attached hydrogens (tertiary/aromatic N) is 3. The number of rotatable bonds is 5. The van der Waals surface area contributed by atoms with Crippen LogP contribution in [0.4, 0.5) is 0 Å². The van der Waals surface area contributed by atoms with Gasteiger partial charge in [-0.1, -0.05) is 42.5 Å². The third-order valence-corrected chi connectivity index (χ3v) is 3.92. The second-order valence-electron chi connectivity index (χ2n) is 4.90. The van der Waals surface area contributed by atoms with Crippen LogP contribution < -0.4 is 0 Å². The molecule has 118 valence electrons. The molecule has 0 saturated carbocycles. The summed E-state index contributed by atoms with van der Waals surface area (Å²) >= 11 is 12.3. The molecule has 0 N–H and O–H groups in total. The van der Waals surface area contributed by atoms with E-state index >= 15 is 0 Å². The van der Waals surface area contributed by atoms with Crippen LogP contribution in [0.5, 0.6) is 0 Å². The lowest BCUT2D eigenvalue weighted by atomic mass is 10.1. The fourth-order valence-electron chi connectivity index (χ4n) is 2.41. The predicted molar refractivity (Wildman–Crippen MR) is 83.9 cm³/mol. The van der Waals surface area contributed by atoms with Crippen molar-refractivity contribution in [2.24, 2.45) is 0 Å². The highest BCUT2D eigenvalue weighted by Crippen LogP contribution is 2.41. The zero-order chi connectivity index (χ0) is 19.9. The molecule has 5 nitrogen and oxygen atoms in total. The Morgan fingerprint density at radius 2 is 2.45 bits per heavy atom. The van der Waals surface area contributed by atoms with E-state index in [0.717, 1.165) is 0 Å². The monoisotopic (exact) mass is 346 g/mol. The summed E-state index contributed by atoms with van der Waals surface area (Å²) in [6.45, 7) is -2.67. The Bertz CT molecular complexity index is 803. The topological polar surface area (TPSA) is 49.2 Å². The van der Waals surface area contributed by atoms with Crippen molar-refractivity contribution in [1.29, 1.82) is 0 Å². The summed E-state index contributed by atoms with van der Waals surface area (Å²) in [6, 6.07) is 4.83. The molecule has 0 radical (unpaired) electrons. The highest BCUT2D eigenvalue weighted by molar-refractivity contribution is 6.35. The second kappa shape index (κ2) is 6.54. The summed E-state index contributed by atoms with van der Waals surface area (Å²) in [7, 11) is 0. The molecular weight excluding hydrogens is 325 g/mol. The van der Waals surface area contributed by atoms with Gasteiger partial charge in [0.15, 0.2) is 0 Å². The fourth-order valence-corrected chi connectivity index (χ4v) is 2.97. The van der Waals surface area contributed by atoms with E-state index in [0.29, 0.717) is 15.6 Å². The van der Waals surface area contributed by atoms with Crippen LogP contribution in [0.2, 0.25) is 10.0 Å². The van der Waals surface area contributed by atoms with Gasteiger partial charge in [0.1, 0.15) is 19.2 Å². The molecule has 2 aromatic rings. The van der Waals surface area contributed by atoms with Crippen molar-refractivity contribution in [2.75, 3.05) is 6.61 Å². The largest absolute Gasteiger partial charge is 0.342 e. The van der Waals surface area contributed by atoms with Gasteiger partial charge >= 0.3 is 0 Å². The number of halogens is 2. The van der Waals surface area contributed by atoms with E-state index in [1.807, 2.05) is 0 Å². The Kier molecular flexibility index (Phi) is 3.15. The van der Waals surface area contributed by atoms with Gasteiger partial charge in [0.2, 0.25) is 5.79 Å². The van der Waals surface area contributed by atoms with Gasteiger partial charge in [-0.25, -0.2) is 9.67 Å². The maximum Gasteiger partial charge on any atom is 0.217 e. The van der Waals surface area contributed by atoms with Crippen molar-refractivity contribution in [2.45, 2.75) is 38.1 Å². The van der Waals surface area contributed by atoms with E-state index in [1.54, 1.807) is 18.2 Å². The first kappa shape index (κ1) is 10.6. The summed E-state index contributed by atoms with van der Waals surface area (Å²) in [5, 5.41) is 4.79. The fraction of sp³-hybridized carbons (Fsp3) is 0.467. The smallest absolute Gasteiger partial charge is 0.217 e. The van der Waals surface area contributed by atoms with Crippen molar-refractivity contribution >= 4 is 23.2 Å². The van der Waals surface area contributed by atoms with Crippen LogP contribution in [-0.2, 0) is 21.8 Å². The molecule has 1 aliphatic heterocycles. The van der Waals surface area contributed by atoms with E-state index in [4.69, 9.17) is 39.5 Å². The van der Waals surface area contributed by atoms with Gasteiger partial charge < -0.3 is 9.47 Å². The number of hydrogen-bond donors (Lipinski definition) is 0. The molecule has 2 unspecified atom stereocenters. The molecule has 2 heterocycles. The third kappa shape index (κ3) is 3.13. The van der Waals surface area contributed by atoms with Gasteiger partial charge in [0, 0.05) is 17.4 Å². The number of hydrogen-bond acceptors (Lipinski definition) is 4. The van der Waals surface area contributed by atoms with Crippen LogP contribution in [0.3, 0.4) is 0 Å². The van der Waals surface area contributed by atoms with Crippen molar-refractivity contribution in [3.8, 4) is 0 Å². The summed E-state index contributed by atoms with van der Waals surface area (Å²) in [6.07, 6.45) is -0.720. The lowest BCUT2D eigenvalue weighted by Gasteiger charge is -2.29. The Morgan fingerprint density at radius 1 is 1.55 bits per heavy atom. The SMILES string of the molecule is [2H]C([2H])([2H])C([2H])([2H])CC1COC(Cn2cncn2)(c2ccc(Cl)cc2Cl)O1. The van der Waals surface area contributed by atoms with Crippen molar-refractivity contribution < 1.29 is 16.3 Å². The van der Waals surface area contributed by atoms with Crippen LogP contribution >= 0.6 is 23.2 Å². The minimum Gasteiger partial charge on any atom is -0.342 e. The maximum atomic E-state index is 7.84. The standard InChI is InChI=1S/C15H17Cl2N3O2/c1-2-3-12-7-21-15(22-12,8-20-10-18-9-19-20)13-5-4-11(16)6-14(13)17/h4-6,9-10,12H,2-3,7-8H2,1H3/i1D3,2D2. The van der Waals surface area contributed by atoms with Gasteiger partial charge in [0.05, 0.1) is 17.7 Å². The van der Waals surface area contributed by atoms with E-state index in [-0.39, 0.29) is 19.6 Å². The molecular formula is C15H17Cl2N3O2. The first-order chi connectivity index (χ1) is 12.5. The van der Waals surface area contributed by atoms with E-state index < -0.39 is 25.1 Å². The molecule has 1 aliphatic rings. The van der Waals surface area contributed by atoms with E-state index in [9.17, 15) is 0 Å². The van der Waals surface area contributed by atoms with Crippen LogP contribution in [0.1, 0.15) is 32.1 Å². The van der Waals surface area contributed by atoms with Crippen molar-refractivity contribution in [1.82, 2.24) is 14.8 Å². The average Bonchev–Trinajstić information content (AvgIpc) is 3.17. The molecule has 7 heteroatoms. The van der Waals surface area contributed by atoms with Gasteiger partial charge in [-0.05, 0) is 18.6 Å². The molecule has 0 amide bonds. The Morgan fingerprint density at radius 3 is 3.18 bits per heavy atom. The van der Waals surface area contributed by atoms with Gasteiger partial charge in [-0.15, -0.1) is 0 Å². The summed E-state index contributed by atoms with van der Waals surface area (Å²) in [4.78, 5) is 3.89. The quantitative estimate of drug-likeness (QED) is 0.828. The Labute approximate surface area is 146 Å². The summed E-state index contributed by atoms with van der Waals surface area (Å²) in [5.41, 5.74) is 0.487. The molecule has 1 fully saturated rings. The molecule has 3 rings (SSSR count). The first-order valence-corrected chi connectivity index (χ1v) is 7.38. The summed E-state index contributed by atoms with van der Waals surface area (Å²) in [5.74, 6) is -1.37. The zero-order valence-corrected chi connectivity index (χ0v) is 13.0. The van der Waals surface area contributed by atoms with E-state index in [1.165, 1.54) is 17.3 Å². The summed E-state index contributed by atoms with van der Waals surface area (Å²) < 4.78 is 51.3. The molecule has 1 aromatic carbocycles. The Balaban J connectivity index is 1.91. The highest BCUT2D eigenvalue weighted by atomic mass is 35.5. The van der Waals surface area contributed by atoms with E-state index in [2.05, 4.69) is 10.1 Å². The second-order valence-corrected chi connectivity index (χ2v) is 5.75. The third-order valence-electron chi connectivity index (χ3n) is 3.37. The normalized spacial score (nSPS) is 29.4. The lowest BCUT2D eigenvalue weighted by Crippen LogP contribution is -2.34. The minimum atomic E-state index is -2.77. The van der Waals surface area contributed by atoms with Crippen LogP contribution in [0, 0.1) is 0 Å². The molecule has 1 saturated heterocycles. The van der Waals surface area contributed by atoms with Gasteiger partial charge in [-0.3, -0.25) is 0 Å². The molecule has 0 bridgehead atoms. The van der Waals surface area contributed by atoms with Gasteiger partial charge in [0.25, 0.3) is 0 Å². The van der Waals surface area contributed by atoms with Crippen LogP contribution in [0.15, 0.2) is 30.9 Å². The highest BCUT2D eigenvalue weighted by Gasteiger charge is 2.45. The number of ether oxygens (including phenoxy) is 2. The number of aromatic nitrogens is 3. The van der Waals surface area contributed by atoms with Crippen molar-refractivity contribution in [3.63, 3.8) is 0 Å². The van der Waals surface area contributed by atoms with Crippen LogP contribution in [-0.4, -0.2) is 27.5 Å². The minimum absolute atomic E-state index is 0.00322. The van der Waals surface area contributed by atoms with Crippen molar-refractivity contribution in [3.05, 3.63) is 46.5 Å². The Hall–Kier alpha value is -1.14.